The molecule has 0 radical (unpaired) electrons. The molecule has 2 heterocycles. The minimum Gasteiger partial charge on any atom is -0.390 e. The Hall–Kier alpha value is -1.03. The zero-order valence-corrected chi connectivity index (χ0v) is 12.9. The van der Waals surface area contributed by atoms with Crippen molar-refractivity contribution in [2.75, 3.05) is 32.7 Å². The zero-order valence-electron chi connectivity index (χ0n) is 12.0. The highest BCUT2D eigenvalue weighted by Crippen LogP contribution is 2.29. The lowest BCUT2D eigenvalue weighted by Gasteiger charge is -2.41. The van der Waals surface area contributed by atoms with Crippen molar-refractivity contribution >= 4 is 10.0 Å². The molecule has 2 aliphatic heterocycles. The van der Waals surface area contributed by atoms with Gasteiger partial charge in [-0.1, -0.05) is 18.2 Å². The van der Waals surface area contributed by atoms with Gasteiger partial charge in [-0.3, -0.25) is 4.90 Å². The predicted octanol–water partition coefficient (Wildman–Crippen LogP) is -1.54. The molecule has 22 heavy (non-hydrogen) atoms. The van der Waals surface area contributed by atoms with Gasteiger partial charge in [0.25, 0.3) is 0 Å². The predicted molar refractivity (Wildman–Crippen MR) is 78.6 cm³/mol. The lowest BCUT2D eigenvalue weighted by Crippen LogP contribution is -2.59. The quantitative estimate of drug-likeness (QED) is 0.619. The SMILES string of the molecule is O=S(=O)(c1ccccc1)N1C[C@@H](O)[C@](O)(CN2CC(O)C2)C1. The fourth-order valence-corrected chi connectivity index (χ4v) is 4.51. The molecule has 8 heteroatoms. The zero-order chi connectivity index (χ0) is 16.0. The fourth-order valence-electron chi connectivity index (χ4n) is 2.98. The van der Waals surface area contributed by atoms with Gasteiger partial charge >= 0.3 is 0 Å². The number of aliphatic hydroxyl groups excluding tert-OH is 2. The topological polar surface area (TPSA) is 101 Å². The molecule has 1 aromatic carbocycles. The van der Waals surface area contributed by atoms with Crippen molar-refractivity contribution in [3.63, 3.8) is 0 Å². The first kappa shape index (κ1) is 15.9. The minimum absolute atomic E-state index is 0.135. The molecule has 3 N–H and O–H groups in total. The van der Waals surface area contributed by atoms with Gasteiger partial charge in [0, 0.05) is 32.7 Å². The minimum atomic E-state index is -3.73. The van der Waals surface area contributed by atoms with Gasteiger partial charge in [-0.25, -0.2) is 8.42 Å². The molecule has 0 bridgehead atoms. The smallest absolute Gasteiger partial charge is 0.243 e. The van der Waals surface area contributed by atoms with E-state index in [9.17, 15) is 23.7 Å². The molecular weight excluding hydrogens is 308 g/mol. The lowest BCUT2D eigenvalue weighted by molar-refractivity contribution is -0.0939. The Kier molecular flexibility index (Phi) is 4.00. The molecule has 2 fully saturated rings. The van der Waals surface area contributed by atoms with Crippen molar-refractivity contribution in [1.82, 2.24) is 9.21 Å². The molecule has 2 saturated heterocycles. The second-order valence-electron chi connectivity index (χ2n) is 6.08. The summed E-state index contributed by atoms with van der Waals surface area (Å²) >= 11 is 0. The summed E-state index contributed by atoms with van der Waals surface area (Å²) in [4.78, 5) is 1.94. The first-order valence-corrected chi connectivity index (χ1v) is 8.61. The first-order chi connectivity index (χ1) is 10.3. The van der Waals surface area contributed by atoms with Gasteiger partial charge in [0.1, 0.15) is 5.60 Å². The number of β-amino-alcohol motifs (C(OH)–C–C–N with tert-alkyl or cyclic N) is 3. The van der Waals surface area contributed by atoms with Crippen LogP contribution in [0.5, 0.6) is 0 Å². The Labute approximate surface area is 129 Å². The third-order valence-electron chi connectivity index (χ3n) is 4.26. The van der Waals surface area contributed by atoms with Crippen LogP contribution >= 0.6 is 0 Å². The van der Waals surface area contributed by atoms with Crippen molar-refractivity contribution in [1.29, 1.82) is 0 Å². The van der Waals surface area contributed by atoms with Crippen LogP contribution in [0.4, 0.5) is 0 Å². The van der Waals surface area contributed by atoms with E-state index in [-0.39, 0.29) is 24.5 Å². The number of rotatable bonds is 4. The van der Waals surface area contributed by atoms with E-state index in [0.717, 1.165) is 4.31 Å². The van der Waals surface area contributed by atoms with Crippen LogP contribution < -0.4 is 0 Å². The van der Waals surface area contributed by atoms with E-state index in [2.05, 4.69) is 0 Å². The normalized spacial score (nSPS) is 31.3. The van der Waals surface area contributed by atoms with E-state index in [1.165, 1.54) is 12.1 Å². The molecule has 7 nitrogen and oxygen atoms in total. The van der Waals surface area contributed by atoms with Gasteiger partial charge in [-0.05, 0) is 12.1 Å². The highest BCUT2D eigenvalue weighted by atomic mass is 32.2. The van der Waals surface area contributed by atoms with E-state index >= 15 is 0 Å². The summed E-state index contributed by atoms with van der Waals surface area (Å²) in [7, 11) is -3.73. The molecule has 0 unspecified atom stereocenters. The Balaban J connectivity index is 1.75. The molecule has 122 valence electrons. The maximum atomic E-state index is 12.5. The number of likely N-dealkylation sites (tertiary alicyclic amines) is 1. The van der Waals surface area contributed by atoms with Gasteiger partial charge in [-0.15, -0.1) is 0 Å². The molecule has 0 saturated carbocycles. The van der Waals surface area contributed by atoms with Crippen LogP contribution in [0.25, 0.3) is 0 Å². The third-order valence-corrected chi connectivity index (χ3v) is 6.09. The number of aliphatic hydroxyl groups is 3. The van der Waals surface area contributed by atoms with Crippen LogP contribution in [-0.4, -0.2) is 83.5 Å². The number of hydrogen-bond donors (Lipinski definition) is 3. The molecule has 2 aliphatic rings. The monoisotopic (exact) mass is 328 g/mol. The fraction of sp³-hybridized carbons (Fsp3) is 0.571. The van der Waals surface area contributed by atoms with Crippen molar-refractivity contribution in [2.24, 2.45) is 0 Å². The second-order valence-corrected chi connectivity index (χ2v) is 8.02. The molecule has 0 amide bonds. The molecule has 1 aromatic rings. The largest absolute Gasteiger partial charge is 0.390 e. The molecule has 0 aromatic heterocycles. The van der Waals surface area contributed by atoms with Gasteiger partial charge in [0.2, 0.25) is 10.0 Å². The Morgan fingerprint density at radius 3 is 2.36 bits per heavy atom. The number of hydrogen-bond acceptors (Lipinski definition) is 6. The number of sulfonamides is 1. The Bertz CT molecular complexity index is 632. The third kappa shape index (κ3) is 2.78. The van der Waals surface area contributed by atoms with Crippen LogP contribution in [0.3, 0.4) is 0 Å². The van der Waals surface area contributed by atoms with Gasteiger partial charge < -0.3 is 15.3 Å². The van der Waals surface area contributed by atoms with Crippen molar-refractivity contribution in [3.8, 4) is 0 Å². The molecule has 3 rings (SSSR count). The maximum Gasteiger partial charge on any atom is 0.243 e. The summed E-state index contributed by atoms with van der Waals surface area (Å²) in [6, 6.07) is 7.97. The number of nitrogens with zero attached hydrogens (tertiary/aromatic N) is 2. The molecule has 0 aliphatic carbocycles. The van der Waals surface area contributed by atoms with Crippen LogP contribution in [-0.2, 0) is 10.0 Å². The maximum absolute atomic E-state index is 12.5. The second kappa shape index (κ2) is 5.55. The van der Waals surface area contributed by atoms with Crippen LogP contribution in [0.1, 0.15) is 0 Å². The molecule has 2 atom stereocenters. The average Bonchev–Trinajstić information content (AvgIpc) is 2.75. The van der Waals surface area contributed by atoms with Crippen LogP contribution in [0, 0.1) is 0 Å². The van der Waals surface area contributed by atoms with Gasteiger partial charge in [0.15, 0.2) is 0 Å². The van der Waals surface area contributed by atoms with Crippen LogP contribution in [0.2, 0.25) is 0 Å². The van der Waals surface area contributed by atoms with E-state index in [4.69, 9.17) is 0 Å². The van der Waals surface area contributed by atoms with E-state index in [1.54, 1.807) is 23.1 Å². The molecular formula is C14H20N2O5S. The highest BCUT2D eigenvalue weighted by Gasteiger charge is 2.50. The Morgan fingerprint density at radius 1 is 1.14 bits per heavy atom. The highest BCUT2D eigenvalue weighted by molar-refractivity contribution is 7.89. The average molecular weight is 328 g/mol. The van der Waals surface area contributed by atoms with E-state index in [1.807, 2.05) is 0 Å². The summed E-state index contributed by atoms with van der Waals surface area (Å²) in [6.45, 7) is 0.717. The van der Waals surface area contributed by atoms with E-state index in [0.29, 0.717) is 13.1 Å². The van der Waals surface area contributed by atoms with Gasteiger partial charge in [0.05, 0.1) is 17.1 Å². The molecule has 0 spiro atoms. The standard InChI is InChI=1S/C14H20N2O5S/c17-11-6-15(7-11)9-14(19)10-16(8-13(14)18)22(20,21)12-4-2-1-3-5-12/h1-5,11,13,17-19H,6-10H2/t13-,14+/m1/s1. The summed E-state index contributed by atoms with van der Waals surface area (Å²) < 4.78 is 26.2. The van der Waals surface area contributed by atoms with Crippen molar-refractivity contribution in [2.45, 2.75) is 22.7 Å². The summed E-state index contributed by atoms with van der Waals surface area (Å²) in [5.74, 6) is 0. The number of benzene rings is 1. The van der Waals surface area contributed by atoms with Crippen LogP contribution in [0.15, 0.2) is 35.2 Å². The van der Waals surface area contributed by atoms with Crippen molar-refractivity contribution < 1.29 is 23.7 Å². The van der Waals surface area contributed by atoms with Crippen molar-refractivity contribution in [3.05, 3.63) is 30.3 Å². The summed E-state index contributed by atoms with van der Waals surface area (Å²) in [5.41, 5.74) is -1.51. The summed E-state index contributed by atoms with van der Waals surface area (Å²) in [5, 5.41) is 30.0. The Morgan fingerprint density at radius 2 is 1.77 bits per heavy atom. The first-order valence-electron chi connectivity index (χ1n) is 7.17. The summed E-state index contributed by atoms with van der Waals surface area (Å²) in [6.07, 6.45) is -1.56. The van der Waals surface area contributed by atoms with E-state index < -0.39 is 27.8 Å². The lowest BCUT2D eigenvalue weighted by atomic mass is 9.97. The van der Waals surface area contributed by atoms with Gasteiger partial charge in [-0.2, -0.15) is 4.31 Å².